The van der Waals surface area contributed by atoms with Crippen LogP contribution in [0, 0.1) is 0 Å². The van der Waals surface area contributed by atoms with Crippen LogP contribution in [-0.2, 0) is 9.53 Å². The quantitative estimate of drug-likeness (QED) is 0.361. The standard InChI is InChI=1S/C15H32N4O2/c1-6-19(7-2)12-8-9-13(3)18-15(16-4)17-11-10-14(20)21-5/h13H,6-12H2,1-5H3,(H2,16,17,18). The Morgan fingerprint density at radius 3 is 2.52 bits per heavy atom. The Labute approximate surface area is 129 Å². The number of hydrogen-bond acceptors (Lipinski definition) is 4. The summed E-state index contributed by atoms with van der Waals surface area (Å²) in [4.78, 5) is 17.6. The molecule has 21 heavy (non-hydrogen) atoms. The van der Waals surface area contributed by atoms with Crippen molar-refractivity contribution >= 4 is 11.9 Å². The van der Waals surface area contributed by atoms with Gasteiger partial charge in [0.1, 0.15) is 0 Å². The zero-order chi connectivity index (χ0) is 16.1. The lowest BCUT2D eigenvalue weighted by atomic mass is 10.2. The molecule has 0 aromatic heterocycles. The number of esters is 1. The second kappa shape index (κ2) is 12.4. The van der Waals surface area contributed by atoms with Gasteiger partial charge in [0.2, 0.25) is 0 Å². The van der Waals surface area contributed by atoms with Gasteiger partial charge in [-0.05, 0) is 39.4 Å². The zero-order valence-corrected chi connectivity index (χ0v) is 14.2. The van der Waals surface area contributed by atoms with E-state index < -0.39 is 0 Å². The van der Waals surface area contributed by atoms with Crippen LogP contribution < -0.4 is 10.6 Å². The summed E-state index contributed by atoms with van der Waals surface area (Å²) in [7, 11) is 3.13. The SMILES string of the molecule is CCN(CC)CCCC(C)NC(=NC)NCCC(=O)OC. The molecule has 0 aliphatic rings. The van der Waals surface area contributed by atoms with Crippen LogP contribution in [0.1, 0.15) is 40.0 Å². The molecular weight excluding hydrogens is 268 g/mol. The van der Waals surface area contributed by atoms with Crippen LogP contribution in [0.2, 0.25) is 0 Å². The molecule has 0 rings (SSSR count). The van der Waals surface area contributed by atoms with Crippen LogP contribution in [0.15, 0.2) is 4.99 Å². The first-order chi connectivity index (χ1) is 10.1. The minimum Gasteiger partial charge on any atom is -0.469 e. The highest BCUT2D eigenvalue weighted by atomic mass is 16.5. The van der Waals surface area contributed by atoms with Crippen LogP contribution in [0.25, 0.3) is 0 Å². The summed E-state index contributed by atoms with van der Waals surface area (Å²) >= 11 is 0. The number of guanidine groups is 1. The summed E-state index contributed by atoms with van der Waals surface area (Å²) in [6.45, 7) is 10.4. The maximum Gasteiger partial charge on any atom is 0.307 e. The van der Waals surface area contributed by atoms with E-state index in [2.05, 4.69) is 46.0 Å². The van der Waals surface area contributed by atoms with Gasteiger partial charge in [0.25, 0.3) is 0 Å². The van der Waals surface area contributed by atoms with Crippen LogP contribution in [0.4, 0.5) is 0 Å². The number of carbonyl (C=O) groups excluding carboxylic acids is 1. The summed E-state index contributed by atoms with van der Waals surface area (Å²) in [5.41, 5.74) is 0. The van der Waals surface area contributed by atoms with Gasteiger partial charge in [-0.3, -0.25) is 9.79 Å². The molecule has 2 N–H and O–H groups in total. The molecular formula is C15H32N4O2. The predicted octanol–water partition coefficient (Wildman–Crippen LogP) is 1.23. The summed E-state index contributed by atoms with van der Waals surface area (Å²) in [5, 5.41) is 6.45. The molecule has 1 unspecified atom stereocenters. The second-order valence-electron chi connectivity index (χ2n) is 5.04. The van der Waals surface area contributed by atoms with Gasteiger partial charge in [-0.2, -0.15) is 0 Å². The molecule has 0 amide bonds. The van der Waals surface area contributed by atoms with E-state index in [0.717, 1.165) is 38.4 Å². The molecule has 0 spiro atoms. The average molecular weight is 300 g/mol. The van der Waals surface area contributed by atoms with Gasteiger partial charge in [0.15, 0.2) is 5.96 Å². The van der Waals surface area contributed by atoms with Gasteiger partial charge in [-0.15, -0.1) is 0 Å². The van der Waals surface area contributed by atoms with Crippen molar-refractivity contribution in [2.45, 2.75) is 46.1 Å². The van der Waals surface area contributed by atoms with E-state index in [9.17, 15) is 4.79 Å². The molecule has 124 valence electrons. The Hall–Kier alpha value is -1.30. The molecule has 0 aromatic carbocycles. The van der Waals surface area contributed by atoms with Crippen molar-refractivity contribution in [2.75, 3.05) is 40.3 Å². The van der Waals surface area contributed by atoms with Crippen molar-refractivity contribution in [1.82, 2.24) is 15.5 Å². The third-order valence-corrected chi connectivity index (χ3v) is 3.46. The summed E-state index contributed by atoms with van der Waals surface area (Å²) in [6, 6.07) is 0.352. The maximum atomic E-state index is 11.0. The van der Waals surface area contributed by atoms with Gasteiger partial charge in [0.05, 0.1) is 13.5 Å². The highest BCUT2D eigenvalue weighted by molar-refractivity contribution is 5.80. The van der Waals surface area contributed by atoms with Gasteiger partial charge in [0, 0.05) is 19.6 Å². The first-order valence-corrected chi connectivity index (χ1v) is 7.83. The predicted molar refractivity (Wildman–Crippen MR) is 87.6 cm³/mol. The number of nitrogens with zero attached hydrogens (tertiary/aromatic N) is 2. The van der Waals surface area contributed by atoms with E-state index in [-0.39, 0.29) is 5.97 Å². The number of aliphatic imine (C=N–C) groups is 1. The topological polar surface area (TPSA) is 66.0 Å². The Morgan fingerprint density at radius 1 is 1.33 bits per heavy atom. The molecule has 0 bridgehead atoms. The molecule has 0 aromatic rings. The molecule has 6 nitrogen and oxygen atoms in total. The Balaban J connectivity index is 3.88. The van der Waals surface area contributed by atoms with Crippen molar-refractivity contribution in [3.8, 4) is 0 Å². The minimum atomic E-state index is -0.217. The van der Waals surface area contributed by atoms with Gasteiger partial charge >= 0.3 is 5.97 Å². The Kier molecular flexibility index (Phi) is 11.7. The van der Waals surface area contributed by atoms with Gasteiger partial charge in [-0.1, -0.05) is 13.8 Å². The average Bonchev–Trinajstić information content (AvgIpc) is 2.50. The second-order valence-corrected chi connectivity index (χ2v) is 5.04. The number of rotatable bonds is 10. The molecule has 0 saturated heterocycles. The van der Waals surface area contributed by atoms with E-state index in [4.69, 9.17) is 0 Å². The first-order valence-electron chi connectivity index (χ1n) is 7.83. The molecule has 0 heterocycles. The monoisotopic (exact) mass is 300 g/mol. The minimum absolute atomic E-state index is 0.217. The van der Waals surface area contributed by atoms with Gasteiger partial charge in [-0.25, -0.2) is 0 Å². The van der Waals surface area contributed by atoms with Crippen LogP contribution in [-0.4, -0.2) is 63.2 Å². The molecule has 0 fully saturated rings. The number of methoxy groups -OCH3 is 1. The van der Waals surface area contributed by atoms with Crippen molar-refractivity contribution in [3.05, 3.63) is 0 Å². The molecule has 0 radical (unpaired) electrons. The summed E-state index contributed by atoms with van der Waals surface area (Å²) < 4.78 is 4.60. The lowest BCUT2D eigenvalue weighted by Gasteiger charge is -2.21. The fourth-order valence-corrected chi connectivity index (χ4v) is 2.05. The van der Waals surface area contributed by atoms with Crippen molar-refractivity contribution in [3.63, 3.8) is 0 Å². The Morgan fingerprint density at radius 2 is 2.00 bits per heavy atom. The number of carbonyl (C=O) groups is 1. The van der Waals surface area contributed by atoms with E-state index in [1.807, 2.05) is 0 Å². The largest absolute Gasteiger partial charge is 0.469 e. The van der Waals surface area contributed by atoms with E-state index in [0.29, 0.717) is 19.0 Å². The number of ether oxygens (including phenoxy) is 1. The highest BCUT2D eigenvalue weighted by Gasteiger charge is 2.07. The molecule has 0 saturated carbocycles. The first kappa shape index (κ1) is 19.7. The molecule has 6 heteroatoms. The Bertz CT molecular complexity index is 304. The van der Waals surface area contributed by atoms with Gasteiger partial charge < -0.3 is 20.3 Å². The van der Waals surface area contributed by atoms with Crippen LogP contribution >= 0.6 is 0 Å². The normalized spacial score (nSPS) is 13.1. The fraction of sp³-hybridized carbons (Fsp3) is 0.867. The smallest absolute Gasteiger partial charge is 0.307 e. The molecule has 1 atom stereocenters. The van der Waals surface area contributed by atoms with E-state index >= 15 is 0 Å². The summed E-state index contributed by atoms with van der Waals surface area (Å²) in [6.07, 6.45) is 2.59. The third kappa shape index (κ3) is 10.1. The lowest BCUT2D eigenvalue weighted by molar-refractivity contribution is -0.140. The lowest BCUT2D eigenvalue weighted by Crippen LogP contribution is -2.43. The van der Waals surface area contributed by atoms with Crippen molar-refractivity contribution < 1.29 is 9.53 Å². The summed E-state index contributed by atoms with van der Waals surface area (Å²) in [5.74, 6) is 0.513. The van der Waals surface area contributed by atoms with E-state index in [1.54, 1.807) is 7.05 Å². The van der Waals surface area contributed by atoms with Crippen LogP contribution in [0.5, 0.6) is 0 Å². The zero-order valence-electron chi connectivity index (χ0n) is 14.2. The fourth-order valence-electron chi connectivity index (χ4n) is 2.05. The molecule has 0 aliphatic heterocycles. The maximum absolute atomic E-state index is 11.0. The third-order valence-electron chi connectivity index (χ3n) is 3.46. The highest BCUT2D eigenvalue weighted by Crippen LogP contribution is 1.99. The van der Waals surface area contributed by atoms with E-state index in [1.165, 1.54) is 7.11 Å². The molecule has 0 aliphatic carbocycles. The number of nitrogens with one attached hydrogen (secondary N) is 2. The number of hydrogen-bond donors (Lipinski definition) is 2. The van der Waals surface area contributed by atoms with Crippen molar-refractivity contribution in [1.29, 1.82) is 0 Å². The van der Waals surface area contributed by atoms with Crippen molar-refractivity contribution in [2.24, 2.45) is 4.99 Å². The van der Waals surface area contributed by atoms with Crippen LogP contribution in [0.3, 0.4) is 0 Å².